The van der Waals surface area contributed by atoms with E-state index in [4.69, 9.17) is 4.74 Å². The van der Waals surface area contributed by atoms with E-state index < -0.39 is 6.61 Å². The Morgan fingerprint density at radius 2 is 2.15 bits per heavy atom. The van der Waals surface area contributed by atoms with Crippen LogP contribution in [-0.2, 0) is 11.3 Å². The molecule has 0 spiro atoms. The molecule has 1 fully saturated rings. The lowest BCUT2D eigenvalue weighted by molar-refractivity contribution is -0.0698. The molecule has 6 heteroatoms. The van der Waals surface area contributed by atoms with Gasteiger partial charge in [0.05, 0.1) is 5.60 Å². The predicted molar refractivity (Wildman–Crippen MR) is 76.1 cm³/mol. The molecule has 2 rings (SSSR count). The Labute approximate surface area is 125 Å². The van der Waals surface area contributed by atoms with Crippen LogP contribution < -0.4 is 10.1 Å². The summed E-state index contributed by atoms with van der Waals surface area (Å²) >= 11 is 3.34. The summed E-state index contributed by atoms with van der Waals surface area (Å²) in [6, 6.07) is 5.01. The van der Waals surface area contributed by atoms with E-state index in [1.807, 2.05) is 0 Å². The summed E-state index contributed by atoms with van der Waals surface area (Å²) in [6.07, 6.45) is 3.25. The second kappa shape index (κ2) is 6.83. The summed E-state index contributed by atoms with van der Waals surface area (Å²) < 4.78 is 35.6. The Morgan fingerprint density at radius 3 is 2.70 bits per heavy atom. The van der Waals surface area contributed by atoms with Gasteiger partial charge in [-0.1, -0.05) is 15.9 Å². The molecule has 0 radical (unpaired) electrons. The van der Waals surface area contributed by atoms with Crippen LogP contribution in [0.5, 0.6) is 5.75 Å². The van der Waals surface area contributed by atoms with Crippen LogP contribution in [-0.4, -0.2) is 25.9 Å². The molecule has 1 aromatic carbocycles. The molecule has 0 atom stereocenters. The fourth-order valence-corrected chi connectivity index (χ4v) is 2.75. The summed E-state index contributed by atoms with van der Waals surface area (Å²) in [7, 11) is 1.71. The number of alkyl halides is 2. The van der Waals surface area contributed by atoms with Crippen LogP contribution in [0.25, 0.3) is 0 Å². The number of halogens is 3. The van der Waals surface area contributed by atoms with Gasteiger partial charge in [0.15, 0.2) is 0 Å². The molecule has 0 unspecified atom stereocenters. The Balaban J connectivity index is 1.95. The second-order valence-electron chi connectivity index (χ2n) is 4.97. The number of ether oxygens (including phenoxy) is 2. The van der Waals surface area contributed by atoms with Crippen LogP contribution in [0.2, 0.25) is 0 Å². The fraction of sp³-hybridized carbons (Fsp3) is 0.571. The molecule has 1 aromatic rings. The van der Waals surface area contributed by atoms with Crippen molar-refractivity contribution in [2.24, 2.45) is 0 Å². The van der Waals surface area contributed by atoms with Crippen molar-refractivity contribution in [1.29, 1.82) is 0 Å². The van der Waals surface area contributed by atoms with Gasteiger partial charge in [0, 0.05) is 30.2 Å². The lowest BCUT2D eigenvalue weighted by atomic mass is 9.80. The van der Waals surface area contributed by atoms with Gasteiger partial charge < -0.3 is 14.8 Å². The summed E-state index contributed by atoms with van der Waals surface area (Å²) in [4.78, 5) is 0. The first-order valence-electron chi connectivity index (χ1n) is 6.54. The van der Waals surface area contributed by atoms with Gasteiger partial charge in [0.1, 0.15) is 5.75 Å². The third kappa shape index (κ3) is 3.90. The zero-order chi connectivity index (χ0) is 14.6. The van der Waals surface area contributed by atoms with Crippen molar-refractivity contribution in [3.05, 3.63) is 28.2 Å². The molecule has 0 aromatic heterocycles. The molecule has 0 bridgehead atoms. The molecule has 1 saturated carbocycles. The molecule has 0 amide bonds. The minimum atomic E-state index is -2.81. The van der Waals surface area contributed by atoms with Crippen LogP contribution >= 0.6 is 15.9 Å². The minimum Gasteiger partial charge on any atom is -0.434 e. The topological polar surface area (TPSA) is 30.5 Å². The van der Waals surface area contributed by atoms with Gasteiger partial charge >= 0.3 is 6.61 Å². The molecule has 1 aliphatic carbocycles. The Hall–Kier alpha value is -0.720. The average molecular weight is 350 g/mol. The Bertz CT molecular complexity index is 447. The van der Waals surface area contributed by atoms with Crippen LogP contribution in [0.4, 0.5) is 8.78 Å². The highest BCUT2D eigenvalue weighted by Crippen LogP contribution is 2.34. The maximum atomic E-state index is 12.4. The largest absolute Gasteiger partial charge is 0.434 e. The summed E-state index contributed by atoms with van der Waals surface area (Å²) in [5.74, 6) is 0.204. The van der Waals surface area contributed by atoms with Gasteiger partial charge in [0.2, 0.25) is 0 Å². The third-order valence-electron chi connectivity index (χ3n) is 3.70. The number of nitrogens with one attached hydrogen (secondary N) is 1. The van der Waals surface area contributed by atoms with Gasteiger partial charge in [0.25, 0.3) is 0 Å². The molecule has 112 valence electrons. The molecular formula is C14H18BrF2NO2. The molecule has 0 heterocycles. The van der Waals surface area contributed by atoms with E-state index >= 15 is 0 Å². The monoisotopic (exact) mass is 349 g/mol. The zero-order valence-corrected chi connectivity index (χ0v) is 12.9. The van der Waals surface area contributed by atoms with Crippen molar-refractivity contribution in [2.75, 3.05) is 13.7 Å². The highest BCUT2D eigenvalue weighted by atomic mass is 79.9. The quantitative estimate of drug-likeness (QED) is 0.813. The summed E-state index contributed by atoms with van der Waals surface area (Å²) in [5, 5.41) is 3.27. The van der Waals surface area contributed by atoms with E-state index in [9.17, 15) is 8.78 Å². The van der Waals surface area contributed by atoms with Crippen molar-refractivity contribution in [3.8, 4) is 5.75 Å². The van der Waals surface area contributed by atoms with Crippen LogP contribution in [0.3, 0.4) is 0 Å². The second-order valence-corrected chi connectivity index (χ2v) is 5.89. The van der Waals surface area contributed by atoms with E-state index in [1.54, 1.807) is 25.3 Å². The lowest BCUT2D eigenvalue weighted by Gasteiger charge is -2.40. The van der Waals surface area contributed by atoms with Crippen molar-refractivity contribution in [1.82, 2.24) is 5.32 Å². The van der Waals surface area contributed by atoms with Gasteiger partial charge in [-0.3, -0.25) is 0 Å². The number of rotatable bonds is 7. The van der Waals surface area contributed by atoms with Gasteiger partial charge in [-0.25, -0.2) is 0 Å². The first kappa shape index (κ1) is 15.7. The number of hydrogen-bond acceptors (Lipinski definition) is 3. The highest BCUT2D eigenvalue weighted by Gasteiger charge is 2.36. The standard InChI is InChI=1S/C14H18BrF2NO2/c1-19-14(5-2-6-14)9-18-8-10-7-11(15)3-4-12(10)20-13(16)17/h3-4,7,13,18H,2,5-6,8-9H2,1H3. The highest BCUT2D eigenvalue weighted by molar-refractivity contribution is 9.10. The maximum Gasteiger partial charge on any atom is 0.387 e. The van der Waals surface area contributed by atoms with E-state index in [-0.39, 0.29) is 11.4 Å². The van der Waals surface area contributed by atoms with Crippen LogP contribution in [0.15, 0.2) is 22.7 Å². The zero-order valence-electron chi connectivity index (χ0n) is 11.3. The lowest BCUT2D eigenvalue weighted by Crippen LogP contribution is -2.47. The van der Waals surface area contributed by atoms with Crippen molar-refractivity contribution >= 4 is 15.9 Å². The molecule has 3 nitrogen and oxygen atoms in total. The molecule has 0 aliphatic heterocycles. The third-order valence-corrected chi connectivity index (χ3v) is 4.19. The predicted octanol–water partition coefficient (Wildman–Crippen LogP) is 3.71. The fourth-order valence-electron chi connectivity index (χ4n) is 2.35. The molecule has 1 aliphatic rings. The van der Waals surface area contributed by atoms with E-state index in [2.05, 4.69) is 26.0 Å². The SMILES string of the molecule is COC1(CNCc2cc(Br)ccc2OC(F)F)CCC1. The van der Waals surface area contributed by atoms with Crippen molar-refractivity contribution in [2.45, 2.75) is 38.0 Å². The molecule has 0 saturated heterocycles. The van der Waals surface area contributed by atoms with Crippen molar-refractivity contribution < 1.29 is 18.3 Å². The van der Waals surface area contributed by atoms with Crippen molar-refractivity contribution in [3.63, 3.8) is 0 Å². The summed E-state index contributed by atoms with van der Waals surface area (Å²) in [5.41, 5.74) is 0.612. The van der Waals surface area contributed by atoms with Gasteiger partial charge in [-0.15, -0.1) is 0 Å². The van der Waals surface area contributed by atoms with E-state index in [0.29, 0.717) is 18.7 Å². The number of methoxy groups -OCH3 is 1. The van der Waals surface area contributed by atoms with E-state index in [1.165, 1.54) is 6.42 Å². The molecular weight excluding hydrogens is 332 g/mol. The smallest absolute Gasteiger partial charge is 0.387 e. The first-order chi connectivity index (χ1) is 9.54. The van der Waals surface area contributed by atoms with E-state index in [0.717, 1.165) is 17.3 Å². The Morgan fingerprint density at radius 1 is 1.40 bits per heavy atom. The van der Waals surface area contributed by atoms with Crippen LogP contribution in [0.1, 0.15) is 24.8 Å². The molecule has 20 heavy (non-hydrogen) atoms. The number of hydrogen-bond donors (Lipinski definition) is 1. The van der Waals surface area contributed by atoms with Crippen LogP contribution in [0, 0.1) is 0 Å². The average Bonchev–Trinajstić information content (AvgIpc) is 2.35. The van der Waals surface area contributed by atoms with Gasteiger partial charge in [-0.2, -0.15) is 8.78 Å². The maximum absolute atomic E-state index is 12.4. The molecule has 1 N–H and O–H groups in total. The normalized spacial score (nSPS) is 17.1. The number of benzene rings is 1. The van der Waals surface area contributed by atoms with Gasteiger partial charge in [-0.05, 0) is 37.5 Å². The minimum absolute atomic E-state index is 0.0876. The Kier molecular flexibility index (Phi) is 5.35. The first-order valence-corrected chi connectivity index (χ1v) is 7.33. The summed E-state index contributed by atoms with van der Waals surface area (Å²) in [6.45, 7) is -1.64.